The third-order valence-electron chi connectivity index (χ3n) is 6.16. The number of para-hydroxylation sites is 1. The highest BCUT2D eigenvalue weighted by molar-refractivity contribution is 8.18. The van der Waals surface area contributed by atoms with Crippen molar-refractivity contribution in [1.82, 2.24) is 4.90 Å². The largest absolute Gasteiger partial charge is 0.478 e. The highest BCUT2D eigenvalue weighted by atomic mass is 32.2. The van der Waals surface area contributed by atoms with E-state index in [0.29, 0.717) is 21.6 Å². The quantitative estimate of drug-likeness (QED) is 0.402. The molecule has 0 radical (unpaired) electrons. The van der Waals surface area contributed by atoms with Crippen LogP contribution >= 0.6 is 11.8 Å². The third kappa shape index (κ3) is 4.93. The van der Waals surface area contributed by atoms with Crippen molar-refractivity contribution < 1.29 is 23.5 Å². The molecule has 35 heavy (non-hydrogen) atoms. The van der Waals surface area contributed by atoms with Crippen LogP contribution in [0.3, 0.4) is 0 Å². The monoisotopic (exact) mass is 490 g/mol. The number of aliphatic imine (C=N–C) groups is 1. The number of hydrogen-bond acceptors (Lipinski definition) is 5. The van der Waals surface area contributed by atoms with Gasteiger partial charge in [-0.15, -0.1) is 0 Å². The molecule has 6 nitrogen and oxygen atoms in total. The van der Waals surface area contributed by atoms with Crippen LogP contribution in [0.2, 0.25) is 0 Å². The molecule has 1 saturated carbocycles. The van der Waals surface area contributed by atoms with Crippen LogP contribution in [0.15, 0.2) is 75.0 Å². The van der Waals surface area contributed by atoms with Gasteiger partial charge < -0.3 is 9.52 Å². The van der Waals surface area contributed by atoms with Gasteiger partial charge in [0.15, 0.2) is 5.17 Å². The standard InChI is InChI=1S/C27H23FN2O4S/c28-21-8-4-5-9-22(21)29-27-30(19-6-2-1-3-7-19)25(31)24(35-27)16-20-14-15-23(34-20)17-10-12-18(13-11-17)26(32)33/h4-5,8-16,19H,1-3,6-7H2,(H,32,33)/b24-16-,29-27?. The Morgan fingerprint density at radius 1 is 1.06 bits per heavy atom. The minimum atomic E-state index is -0.992. The zero-order chi connectivity index (χ0) is 24.4. The summed E-state index contributed by atoms with van der Waals surface area (Å²) in [4.78, 5) is 31.2. The van der Waals surface area contributed by atoms with Crippen LogP contribution in [-0.2, 0) is 4.79 Å². The molecule has 1 amide bonds. The van der Waals surface area contributed by atoms with Crippen molar-refractivity contribution in [1.29, 1.82) is 0 Å². The molecular formula is C27H23FN2O4S. The molecule has 2 fully saturated rings. The Morgan fingerprint density at radius 3 is 2.51 bits per heavy atom. The first-order chi connectivity index (χ1) is 17.0. The number of amides is 1. The van der Waals surface area contributed by atoms with Crippen molar-refractivity contribution in [3.05, 3.63) is 82.7 Å². The van der Waals surface area contributed by atoms with Gasteiger partial charge >= 0.3 is 5.97 Å². The van der Waals surface area contributed by atoms with E-state index in [0.717, 1.165) is 37.7 Å². The van der Waals surface area contributed by atoms with Gasteiger partial charge in [0, 0.05) is 17.7 Å². The van der Waals surface area contributed by atoms with E-state index in [1.807, 2.05) is 0 Å². The Bertz CT molecular complexity index is 1320. The summed E-state index contributed by atoms with van der Waals surface area (Å²) in [5, 5.41) is 9.56. The minimum Gasteiger partial charge on any atom is -0.478 e. The molecule has 2 heterocycles. The van der Waals surface area contributed by atoms with Gasteiger partial charge in [0.2, 0.25) is 0 Å². The second-order valence-electron chi connectivity index (χ2n) is 8.51. The Labute approximate surface area is 206 Å². The summed E-state index contributed by atoms with van der Waals surface area (Å²) in [5.74, 6) is -0.518. The number of rotatable bonds is 5. The molecule has 178 valence electrons. The normalized spacial score (nSPS) is 19.1. The first-order valence-electron chi connectivity index (χ1n) is 11.5. The van der Waals surface area contributed by atoms with Crippen molar-refractivity contribution in [2.24, 2.45) is 4.99 Å². The number of carbonyl (C=O) groups is 2. The lowest BCUT2D eigenvalue weighted by molar-refractivity contribution is -0.124. The lowest BCUT2D eigenvalue weighted by Gasteiger charge is -2.30. The van der Waals surface area contributed by atoms with Gasteiger partial charge in [-0.2, -0.15) is 0 Å². The van der Waals surface area contributed by atoms with Gasteiger partial charge in [0.1, 0.15) is 23.0 Å². The number of halogens is 1. The van der Waals surface area contributed by atoms with E-state index < -0.39 is 11.8 Å². The topological polar surface area (TPSA) is 83.1 Å². The van der Waals surface area contributed by atoms with Crippen molar-refractivity contribution in [3.8, 4) is 11.3 Å². The fraction of sp³-hybridized carbons (Fsp3) is 0.222. The van der Waals surface area contributed by atoms with Gasteiger partial charge in [0.05, 0.1) is 10.5 Å². The van der Waals surface area contributed by atoms with Crippen molar-refractivity contribution in [2.45, 2.75) is 38.1 Å². The summed E-state index contributed by atoms with van der Waals surface area (Å²) >= 11 is 1.22. The molecule has 1 aliphatic heterocycles. The highest BCUT2D eigenvalue weighted by Gasteiger charge is 2.39. The maximum atomic E-state index is 14.3. The lowest BCUT2D eigenvalue weighted by atomic mass is 9.94. The molecule has 1 N–H and O–H groups in total. The number of carboxylic acids is 1. The van der Waals surface area contributed by atoms with Crippen LogP contribution in [-0.4, -0.2) is 33.1 Å². The van der Waals surface area contributed by atoms with Crippen LogP contribution in [0.5, 0.6) is 0 Å². The molecule has 0 unspecified atom stereocenters. The predicted molar refractivity (Wildman–Crippen MR) is 134 cm³/mol. The van der Waals surface area contributed by atoms with Crippen molar-refractivity contribution in [2.75, 3.05) is 0 Å². The molecule has 3 aromatic rings. The van der Waals surface area contributed by atoms with Gasteiger partial charge in [0.25, 0.3) is 5.91 Å². The van der Waals surface area contributed by atoms with E-state index >= 15 is 0 Å². The Kier molecular flexibility index (Phi) is 6.55. The van der Waals surface area contributed by atoms with Gasteiger partial charge in [-0.1, -0.05) is 43.5 Å². The molecule has 5 rings (SSSR count). The number of carboxylic acid groups (broad SMARTS) is 1. The van der Waals surface area contributed by atoms with Gasteiger partial charge in [-0.25, -0.2) is 14.2 Å². The molecular weight excluding hydrogens is 467 g/mol. The molecule has 0 atom stereocenters. The SMILES string of the molecule is O=C(O)c1ccc(-c2ccc(/C=C3\SC(=Nc4ccccc4F)N(C4CCCCC4)C3=O)o2)cc1. The second-order valence-corrected chi connectivity index (χ2v) is 9.52. The smallest absolute Gasteiger partial charge is 0.335 e. The highest BCUT2D eigenvalue weighted by Crippen LogP contribution is 2.39. The summed E-state index contributed by atoms with van der Waals surface area (Å²) in [6.45, 7) is 0. The van der Waals surface area contributed by atoms with E-state index in [1.54, 1.807) is 53.4 Å². The Morgan fingerprint density at radius 2 is 1.80 bits per heavy atom. The number of thioether (sulfide) groups is 1. The predicted octanol–water partition coefficient (Wildman–Crippen LogP) is 6.72. The zero-order valence-corrected chi connectivity index (χ0v) is 19.6. The van der Waals surface area contributed by atoms with Crippen LogP contribution in [0.25, 0.3) is 17.4 Å². The number of aromatic carboxylic acids is 1. The summed E-state index contributed by atoms with van der Waals surface area (Å²) in [6.07, 6.45) is 6.72. The average Bonchev–Trinajstić information content (AvgIpc) is 3.46. The Hall–Kier alpha value is -3.65. The van der Waals surface area contributed by atoms with E-state index in [9.17, 15) is 14.0 Å². The molecule has 8 heteroatoms. The molecule has 1 aliphatic carbocycles. The fourth-order valence-corrected chi connectivity index (χ4v) is 5.39. The van der Waals surface area contributed by atoms with Gasteiger partial charge in [-0.05, 0) is 61.0 Å². The van der Waals surface area contributed by atoms with Crippen LogP contribution in [0, 0.1) is 5.82 Å². The number of furan rings is 1. The second kappa shape index (κ2) is 9.92. The average molecular weight is 491 g/mol. The van der Waals surface area contributed by atoms with Crippen molar-refractivity contribution >= 4 is 40.6 Å². The molecule has 2 aromatic carbocycles. The maximum absolute atomic E-state index is 14.3. The molecule has 0 spiro atoms. The van der Waals surface area contributed by atoms with Crippen LogP contribution in [0.4, 0.5) is 10.1 Å². The summed E-state index contributed by atoms with van der Waals surface area (Å²) in [6, 6.07) is 16.3. The fourth-order valence-electron chi connectivity index (χ4n) is 4.36. The third-order valence-corrected chi connectivity index (χ3v) is 7.14. The molecule has 1 aromatic heterocycles. The van der Waals surface area contributed by atoms with Crippen LogP contribution in [0.1, 0.15) is 48.2 Å². The first-order valence-corrected chi connectivity index (χ1v) is 12.3. The number of amidine groups is 1. The van der Waals surface area contributed by atoms with E-state index in [4.69, 9.17) is 9.52 Å². The summed E-state index contributed by atoms with van der Waals surface area (Å²) < 4.78 is 20.2. The first kappa shape index (κ1) is 23.1. The van der Waals surface area contributed by atoms with E-state index in [2.05, 4.69) is 4.99 Å². The zero-order valence-electron chi connectivity index (χ0n) is 18.8. The molecule has 0 bridgehead atoms. The van der Waals surface area contributed by atoms with E-state index in [1.165, 1.54) is 30.0 Å². The van der Waals surface area contributed by atoms with E-state index in [-0.39, 0.29) is 23.2 Å². The van der Waals surface area contributed by atoms with Crippen molar-refractivity contribution in [3.63, 3.8) is 0 Å². The van der Waals surface area contributed by atoms with Crippen LogP contribution < -0.4 is 0 Å². The summed E-state index contributed by atoms with van der Waals surface area (Å²) in [7, 11) is 0. The molecule has 1 saturated heterocycles. The maximum Gasteiger partial charge on any atom is 0.335 e. The molecule has 2 aliphatic rings. The minimum absolute atomic E-state index is 0.0417. The summed E-state index contributed by atoms with van der Waals surface area (Å²) in [5.41, 5.74) is 1.13. The number of hydrogen-bond donors (Lipinski definition) is 1. The Balaban J connectivity index is 1.45. The lowest BCUT2D eigenvalue weighted by Crippen LogP contribution is -2.40. The van der Waals surface area contributed by atoms with Gasteiger partial charge in [-0.3, -0.25) is 9.69 Å². The number of nitrogens with zero attached hydrogens (tertiary/aromatic N) is 2. The number of benzene rings is 2. The number of carbonyl (C=O) groups excluding carboxylic acids is 1.